The average molecular weight is 381 g/mol. The molecule has 3 rings (SSSR count). The molecule has 0 fully saturated rings. The fourth-order valence-electron chi connectivity index (χ4n) is 2.46. The molecule has 0 aliphatic carbocycles. The maximum Gasteiger partial charge on any atom is 0.255 e. The van der Waals surface area contributed by atoms with Gasteiger partial charge in [-0.1, -0.05) is 24.3 Å². The van der Waals surface area contributed by atoms with Gasteiger partial charge in [0.2, 0.25) is 10.0 Å². The van der Waals surface area contributed by atoms with Crippen molar-refractivity contribution in [1.29, 1.82) is 0 Å². The summed E-state index contributed by atoms with van der Waals surface area (Å²) in [4.78, 5) is 16.4. The number of rotatable bonds is 6. The van der Waals surface area contributed by atoms with Crippen LogP contribution >= 0.6 is 0 Å². The lowest BCUT2D eigenvalue weighted by Gasteiger charge is -2.09. The monoisotopic (exact) mass is 381 g/mol. The second kappa shape index (κ2) is 8.11. The van der Waals surface area contributed by atoms with Crippen LogP contribution in [0.3, 0.4) is 0 Å². The summed E-state index contributed by atoms with van der Waals surface area (Å²) in [7, 11) is -3.68. The molecule has 0 saturated heterocycles. The number of hydrogen-bond acceptors (Lipinski definition) is 4. The highest BCUT2D eigenvalue weighted by Gasteiger charge is 2.15. The highest BCUT2D eigenvalue weighted by molar-refractivity contribution is 7.89. The van der Waals surface area contributed by atoms with Crippen molar-refractivity contribution < 1.29 is 13.2 Å². The summed E-state index contributed by atoms with van der Waals surface area (Å²) < 4.78 is 27.3. The number of anilines is 1. The molecule has 2 N–H and O–H groups in total. The number of sulfonamides is 1. The summed E-state index contributed by atoms with van der Waals surface area (Å²) in [6, 6.07) is 16.8. The molecule has 0 aliphatic heterocycles. The van der Waals surface area contributed by atoms with E-state index in [1.54, 1.807) is 24.5 Å². The fourth-order valence-corrected chi connectivity index (χ4v) is 3.48. The predicted octanol–water partition coefficient (Wildman–Crippen LogP) is 3.12. The van der Waals surface area contributed by atoms with Crippen molar-refractivity contribution >= 4 is 21.6 Å². The van der Waals surface area contributed by atoms with E-state index in [2.05, 4.69) is 15.0 Å². The number of carbonyl (C=O) groups excluding carboxylic acids is 1. The predicted molar refractivity (Wildman–Crippen MR) is 104 cm³/mol. The van der Waals surface area contributed by atoms with Gasteiger partial charge in [0.15, 0.2) is 0 Å². The fraction of sp³-hybridized carbons (Fsp3) is 0.100. The molecular weight excluding hydrogens is 362 g/mol. The third-order valence-corrected chi connectivity index (χ3v) is 5.43. The summed E-state index contributed by atoms with van der Waals surface area (Å²) >= 11 is 0. The highest BCUT2D eigenvalue weighted by Crippen LogP contribution is 2.16. The van der Waals surface area contributed by atoms with Gasteiger partial charge in [-0.25, -0.2) is 13.1 Å². The minimum absolute atomic E-state index is 0.0961. The number of nitrogens with one attached hydrogen (secondary N) is 2. The number of hydrogen-bond donors (Lipinski definition) is 2. The van der Waals surface area contributed by atoms with Gasteiger partial charge in [-0.2, -0.15) is 0 Å². The summed E-state index contributed by atoms with van der Waals surface area (Å²) in [5, 5.41) is 2.82. The first-order chi connectivity index (χ1) is 13.0. The zero-order valence-electron chi connectivity index (χ0n) is 14.7. The van der Waals surface area contributed by atoms with Crippen molar-refractivity contribution in [2.24, 2.45) is 0 Å². The van der Waals surface area contributed by atoms with Gasteiger partial charge in [0, 0.05) is 30.2 Å². The Hall–Kier alpha value is -3.03. The molecule has 0 atom stereocenters. The molecule has 1 heterocycles. The van der Waals surface area contributed by atoms with Gasteiger partial charge in [-0.3, -0.25) is 9.78 Å². The molecule has 0 aliphatic rings. The van der Waals surface area contributed by atoms with Crippen LogP contribution < -0.4 is 10.0 Å². The van der Waals surface area contributed by atoms with Crippen LogP contribution in [0.4, 0.5) is 5.69 Å². The molecule has 6 nitrogen and oxygen atoms in total. The normalized spacial score (nSPS) is 11.1. The summed E-state index contributed by atoms with van der Waals surface area (Å²) in [6.45, 7) is 2.05. The molecule has 0 saturated carbocycles. The number of carbonyl (C=O) groups is 1. The number of benzene rings is 2. The van der Waals surface area contributed by atoms with E-state index in [0.29, 0.717) is 5.56 Å². The van der Waals surface area contributed by atoms with Gasteiger partial charge in [0.05, 0.1) is 4.90 Å². The Morgan fingerprint density at radius 1 is 1.00 bits per heavy atom. The number of para-hydroxylation sites is 1. The third-order valence-electron chi connectivity index (χ3n) is 4.01. The summed E-state index contributed by atoms with van der Waals surface area (Å²) in [6.07, 6.45) is 3.22. The number of aromatic nitrogens is 1. The van der Waals surface area contributed by atoms with Gasteiger partial charge < -0.3 is 5.32 Å². The van der Waals surface area contributed by atoms with Gasteiger partial charge in [-0.05, 0) is 54.4 Å². The zero-order chi connectivity index (χ0) is 19.3. The van der Waals surface area contributed by atoms with E-state index in [4.69, 9.17) is 0 Å². The van der Waals surface area contributed by atoms with E-state index >= 15 is 0 Å². The minimum atomic E-state index is -3.68. The minimum Gasteiger partial charge on any atom is -0.322 e. The Bertz CT molecular complexity index is 1030. The Kier molecular flexibility index (Phi) is 5.63. The molecule has 1 aromatic heterocycles. The van der Waals surface area contributed by atoms with Crippen molar-refractivity contribution in [3.8, 4) is 0 Å². The molecule has 27 heavy (non-hydrogen) atoms. The summed E-state index contributed by atoms with van der Waals surface area (Å²) in [5.41, 5.74) is 2.81. The third kappa shape index (κ3) is 4.78. The van der Waals surface area contributed by atoms with E-state index in [9.17, 15) is 13.2 Å². The lowest BCUT2D eigenvalue weighted by Crippen LogP contribution is -2.23. The average Bonchev–Trinajstić information content (AvgIpc) is 2.69. The number of nitrogens with zero attached hydrogens (tertiary/aromatic N) is 1. The van der Waals surface area contributed by atoms with E-state index in [1.165, 1.54) is 24.3 Å². The van der Waals surface area contributed by atoms with Gasteiger partial charge in [0.1, 0.15) is 0 Å². The van der Waals surface area contributed by atoms with Crippen molar-refractivity contribution in [3.05, 3.63) is 89.7 Å². The Morgan fingerprint density at radius 3 is 2.41 bits per heavy atom. The first kappa shape index (κ1) is 18.8. The topological polar surface area (TPSA) is 88.2 Å². The molecule has 2 aromatic carbocycles. The van der Waals surface area contributed by atoms with E-state index in [-0.39, 0.29) is 17.3 Å². The Morgan fingerprint density at radius 2 is 1.74 bits per heavy atom. The first-order valence-corrected chi connectivity index (χ1v) is 9.80. The smallest absolute Gasteiger partial charge is 0.255 e. The molecule has 3 aromatic rings. The molecule has 0 spiro atoms. The molecule has 0 bridgehead atoms. The lowest BCUT2D eigenvalue weighted by atomic mass is 10.1. The van der Waals surface area contributed by atoms with Crippen molar-refractivity contribution in [3.63, 3.8) is 0 Å². The molecule has 138 valence electrons. The van der Waals surface area contributed by atoms with Gasteiger partial charge in [0.25, 0.3) is 5.91 Å². The molecular formula is C20H19N3O3S. The number of amides is 1. The van der Waals surface area contributed by atoms with Crippen LogP contribution in [0.2, 0.25) is 0 Å². The Balaban J connectivity index is 1.68. The second-order valence-electron chi connectivity index (χ2n) is 5.98. The Labute approximate surface area is 158 Å². The van der Waals surface area contributed by atoms with Crippen LogP contribution in [0.25, 0.3) is 0 Å². The lowest BCUT2D eigenvalue weighted by molar-refractivity contribution is 0.102. The molecule has 7 heteroatoms. The standard InChI is InChI=1S/C20H19N3O3S/c1-15-5-2-3-7-19(15)23-20(24)17-8-10-18(11-9-17)27(25,26)22-14-16-6-4-12-21-13-16/h2-13,22H,14H2,1H3,(H,23,24). The van der Waals surface area contributed by atoms with Crippen molar-refractivity contribution in [2.75, 3.05) is 5.32 Å². The largest absolute Gasteiger partial charge is 0.322 e. The van der Waals surface area contributed by atoms with Crippen LogP contribution in [0.15, 0.2) is 78.0 Å². The second-order valence-corrected chi connectivity index (χ2v) is 7.75. The number of aryl methyl sites for hydroxylation is 1. The number of pyridine rings is 1. The van der Waals surface area contributed by atoms with Gasteiger partial charge >= 0.3 is 0 Å². The van der Waals surface area contributed by atoms with Crippen LogP contribution in [0.1, 0.15) is 21.5 Å². The van der Waals surface area contributed by atoms with Crippen molar-refractivity contribution in [1.82, 2.24) is 9.71 Å². The van der Waals surface area contributed by atoms with Gasteiger partial charge in [-0.15, -0.1) is 0 Å². The van der Waals surface area contributed by atoms with E-state index < -0.39 is 10.0 Å². The summed E-state index contributed by atoms with van der Waals surface area (Å²) in [5.74, 6) is -0.295. The quantitative estimate of drug-likeness (QED) is 0.687. The van der Waals surface area contributed by atoms with Crippen LogP contribution in [-0.2, 0) is 16.6 Å². The highest BCUT2D eigenvalue weighted by atomic mass is 32.2. The van der Waals surface area contributed by atoms with Crippen molar-refractivity contribution in [2.45, 2.75) is 18.4 Å². The van der Waals surface area contributed by atoms with E-state index in [1.807, 2.05) is 31.2 Å². The van der Waals surface area contributed by atoms with Crippen LogP contribution in [0.5, 0.6) is 0 Å². The zero-order valence-corrected chi connectivity index (χ0v) is 15.5. The maximum atomic E-state index is 12.4. The maximum absolute atomic E-state index is 12.4. The molecule has 0 radical (unpaired) electrons. The first-order valence-electron chi connectivity index (χ1n) is 8.31. The van der Waals surface area contributed by atoms with Crippen LogP contribution in [-0.4, -0.2) is 19.3 Å². The molecule has 1 amide bonds. The SMILES string of the molecule is Cc1ccccc1NC(=O)c1ccc(S(=O)(=O)NCc2cccnc2)cc1. The van der Waals surface area contributed by atoms with E-state index in [0.717, 1.165) is 16.8 Å². The molecule has 0 unspecified atom stereocenters. The van der Waals surface area contributed by atoms with Crippen LogP contribution in [0, 0.1) is 6.92 Å².